The number of nitrogens with zero attached hydrogens (tertiary/aromatic N) is 1. The molecule has 0 spiro atoms. The summed E-state index contributed by atoms with van der Waals surface area (Å²) in [4.78, 5) is 0. The standard InChI is InChI=1S/C9H8FN.CH4/c1-7-4-8(2-3-11)6-9(10)5-7;/h4-6H,2H2,1H3;1H4. The number of halogens is 1. The predicted molar refractivity (Wildman–Crippen MR) is 47.2 cm³/mol. The van der Waals surface area contributed by atoms with Gasteiger partial charge in [-0.05, 0) is 30.2 Å². The Balaban J connectivity index is 0.00000121. The molecule has 0 N–H and O–H groups in total. The van der Waals surface area contributed by atoms with E-state index in [0.29, 0.717) is 0 Å². The van der Waals surface area contributed by atoms with Crippen LogP contribution in [0.4, 0.5) is 4.39 Å². The fourth-order valence-electron chi connectivity index (χ4n) is 1.01. The summed E-state index contributed by atoms with van der Waals surface area (Å²) in [5.74, 6) is -0.268. The van der Waals surface area contributed by atoms with Gasteiger partial charge in [-0.3, -0.25) is 0 Å². The minimum atomic E-state index is -0.268. The molecule has 0 unspecified atom stereocenters. The van der Waals surface area contributed by atoms with Gasteiger partial charge in [-0.25, -0.2) is 4.39 Å². The van der Waals surface area contributed by atoms with Gasteiger partial charge in [0.25, 0.3) is 0 Å². The van der Waals surface area contributed by atoms with Crippen LogP contribution in [0.5, 0.6) is 0 Å². The van der Waals surface area contributed by atoms with Crippen LogP contribution in [0.25, 0.3) is 0 Å². The molecule has 2 heteroatoms. The first-order valence-electron chi connectivity index (χ1n) is 3.35. The zero-order valence-electron chi connectivity index (χ0n) is 6.26. The molecule has 0 aliphatic rings. The fourth-order valence-corrected chi connectivity index (χ4v) is 1.01. The van der Waals surface area contributed by atoms with Gasteiger partial charge in [-0.2, -0.15) is 5.26 Å². The first-order chi connectivity index (χ1) is 5.22. The summed E-state index contributed by atoms with van der Waals surface area (Å²) in [6.45, 7) is 1.81. The van der Waals surface area contributed by atoms with E-state index < -0.39 is 0 Å². The maximum Gasteiger partial charge on any atom is 0.123 e. The lowest BCUT2D eigenvalue weighted by Gasteiger charge is -1.96. The molecule has 1 rings (SSSR count). The molecule has 0 aliphatic heterocycles. The minimum absolute atomic E-state index is 0. The molecule has 1 nitrogen and oxygen atoms in total. The number of aryl methyl sites for hydroxylation is 1. The quantitative estimate of drug-likeness (QED) is 0.627. The van der Waals surface area contributed by atoms with Crippen LogP contribution in [0.15, 0.2) is 18.2 Å². The Morgan fingerprint density at radius 3 is 2.58 bits per heavy atom. The van der Waals surface area contributed by atoms with E-state index in [-0.39, 0.29) is 19.7 Å². The van der Waals surface area contributed by atoms with Gasteiger partial charge in [-0.1, -0.05) is 13.5 Å². The lowest BCUT2D eigenvalue weighted by Crippen LogP contribution is -1.85. The molecule has 0 aromatic heterocycles. The van der Waals surface area contributed by atoms with E-state index in [1.165, 1.54) is 12.1 Å². The molecule has 0 bridgehead atoms. The summed E-state index contributed by atoms with van der Waals surface area (Å²) >= 11 is 0. The molecule has 0 aliphatic carbocycles. The Kier molecular flexibility index (Phi) is 3.99. The summed E-state index contributed by atoms with van der Waals surface area (Å²) in [5.41, 5.74) is 1.60. The normalized spacial score (nSPS) is 8.42. The molecular weight excluding hydrogens is 153 g/mol. The Hall–Kier alpha value is -1.36. The first-order valence-corrected chi connectivity index (χ1v) is 3.35. The number of hydrogen-bond acceptors (Lipinski definition) is 1. The van der Waals surface area contributed by atoms with Crippen molar-refractivity contribution in [2.24, 2.45) is 0 Å². The Bertz CT molecular complexity index is 279. The fraction of sp³-hybridized carbons (Fsp3) is 0.300. The minimum Gasteiger partial charge on any atom is -0.207 e. The molecule has 1 aromatic rings. The number of nitriles is 1. The molecule has 0 saturated carbocycles. The average Bonchev–Trinajstić information content (AvgIpc) is 1.85. The van der Waals surface area contributed by atoms with Gasteiger partial charge in [0.15, 0.2) is 0 Å². The van der Waals surface area contributed by atoms with Crippen LogP contribution in [0.3, 0.4) is 0 Å². The van der Waals surface area contributed by atoms with Gasteiger partial charge in [-0.15, -0.1) is 0 Å². The third-order valence-corrected chi connectivity index (χ3v) is 1.39. The molecule has 0 atom stereocenters. The predicted octanol–water partition coefficient (Wildman–Crippen LogP) is 2.84. The smallest absolute Gasteiger partial charge is 0.123 e. The average molecular weight is 165 g/mol. The van der Waals surface area contributed by atoms with Crippen molar-refractivity contribution in [1.29, 1.82) is 5.26 Å². The Labute approximate surface area is 72.5 Å². The van der Waals surface area contributed by atoms with Crippen LogP contribution in [0, 0.1) is 24.1 Å². The van der Waals surface area contributed by atoms with Crippen LogP contribution < -0.4 is 0 Å². The summed E-state index contributed by atoms with van der Waals surface area (Å²) in [6.07, 6.45) is 0.276. The van der Waals surface area contributed by atoms with Gasteiger partial charge < -0.3 is 0 Å². The van der Waals surface area contributed by atoms with E-state index >= 15 is 0 Å². The van der Waals surface area contributed by atoms with E-state index in [1.54, 1.807) is 0 Å². The summed E-state index contributed by atoms with van der Waals surface area (Å²) in [5, 5.41) is 8.33. The molecule has 0 radical (unpaired) electrons. The maximum absolute atomic E-state index is 12.6. The van der Waals surface area contributed by atoms with E-state index in [1.807, 2.05) is 19.1 Å². The highest BCUT2D eigenvalue weighted by Gasteiger charge is 1.96. The molecule has 1 aromatic carbocycles. The van der Waals surface area contributed by atoms with Crippen molar-refractivity contribution in [3.8, 4) is 6.07 Å². The van der Waals surface area contributed by atoms with Crippen LogP contribution in [-0.2, 0) is 6.42 Å². The van der Waals surface area contributed by atoms with Crippen molar-refractivity contribution in [3.63, 3.8) is 0 Å². The zero-order valence-corrected chi connectivity index (χ0v) is 6.26. The van der Waals surface area contributed by atoms with Crippen LogP contribution >= 0.6 is 0 Å². The lowest BCUT2D eigenvalue weighted by atomic mass is 10.1. The van der Waals surface area contributed by atoms with E-state index in [9.17, 15) is 4.39 Å². The second-order valence-electron chi connectivity index (χ2n) is 2.47. The molecule has 64 valence electrons. The van der Waals surface area contributed by atoms with Gasteiger partial charge in [0, 0.05) is 0 Å². The van der Waals surface area contributed by atoms with E-state index in [2.05, 4.69) is 0 Å². The molecule has 12 heavy (non-hydrogen) atoms. The largest absolute Gasteiger partial charge is 0.207 e. The van der Waals surface area contributed by atoms with E-state index in [4.69, 9.17) is 5.26 Å². The zero-order chi connectivity index (χ0) is 8.27. The lowest BCUT2D eigenvalue weighted by molar-refractivity contribution is 0.625. The SMILES string of the molecule is C.Cc1cc(F)cc(CC#N)c1. The summed E-state index contributed by atoms with van der Waals surface area (Å²) in [7, 11) is 0. The second-order valence-corrected chi connectivity index (χ2v) is 2.47. The third kappa shape index (κ3) is 2.71. The van der Waals surface area contributed by atoms with E-state index in [0.717, 1.165) is 11.1 Å². The van der Waals surface area contributed by atoms with Gasteiger partial charge in [0.2, 0.25) is 0 Å². The third-order valence-electron chi connectivity index (χ3n) is 1.39. The number of rotatable bonds is 1. The Morgan fingerprint density at radius 2 is 2.08 bits per heavy atom. The van der Waals surface area contributed by atoms with Crippen LogP contribution in [-0.4, -0.2) is 0 Å². The highest BCUT2D eigenvalue weighted by atomic mass is 19.1. The molecule has 0 amide bonds. The topological polar surface area (TPSA) is 23.8 Å². The highest BCUT2D eigenvalue weighted by Crippen LogP contribution is 2.08. The van der Waals surface area contributed by atoms with Gasteiger partial charge >= 0.3 is 0 Å². The van der Waals surface area contributed by atoms with Gasteiger partial charge in [0.1, 0.15) is 5.82 Å². The summed E-state index contributed by atoms with van der Waals surface area (Å²) in [6, 6.07) is 6.61. The van der Waals surface area contributed by atoms with Gasteiger partial charge in [0.05, 0.1) is 12.5 Å². The van der Waals surface area contributed by atoms with Crippen LogP contribution in [0.1, 0.15) is 18.6 Å². The molecule has 0 fully saturated rings. The van der Waals surface area contributed by atoms with Crippen molar-refractivity contribution in [2.75, 3.05) is 0 Å². The van der Waals surface area contributed by atoms with Crippen molar-refractivity contribution in [3.05, 3.63) is 35.1 Å². The van der Waals surface area contributed by atoms with Crippen molar-refractivity contribution < 1.29 is 4.39 Å². The molecule has 0 saturated heterocycles. The maximum atomic E-state index is 12.6. The Morgan fingerprint density at radius 1 is 1.42 bits per heavy atom. The highest BCUT2D eigenvalue weighted by molar-refractivity contribution is 5.25. The monoisotopic (exact) mass is 165 g/mol. The summed E-state index contributed by atoms with van der Waals surface area (Å²) < 4.78 is 12.6. The van der Waals surface area contributed by atoms with Crippen molar-refractivity contribution in [1.82, 2.24) is 0 Å². The number of benzene rings is 1. The number of hydrogen-bond donors (Lipinski definition) is 0. The van der Waals surface area contributed by atoms with Crippen LogP contribution in [0.2, 0.25) is 0 Å². The first kappa shape index (κ1) is 10.6. The molecule has 0 heterocycles. The van der Waals surface area contributed by atoms with Crippen molar-refractivity contribution >= 4 is 0 Å². The second kappa shape index (κ2) is 4.50. The van der Waals surface area contributed by atoms with Crippen molar-refractivity contribution in [2.45, 2.75) is 20.8 Å². The molecular formula is C10H12FN.